The number of hydrogen-bond donors (Lipinski definition) is 1. The molecule has 1 heterocycles. The molecule has 2 rings (SSSR count). The van der Waals surface area contributed by atoms with Crippen molar-refractivity contribution in [2.75, 3.05) is 18.5 Å². The maximum atomic E-state index is 12.9. The van der Waals surface area contributed by atoms with E-state index in [-0.39, 0.29) is 17.6 Å². The van der Waals surface area contributed by atoms with Crippen LogP contribution in [0.15, 0.2) is 24.3 Å². The van der Waals surface area contributed by atoms with Crippen LogP contribution in [0, 0.1) is 11.7 Å². The van der Waals surface area contributed by atoms with Crippen molar-refractivity contribution in [3.05, 3.63) is 30.1 Å². The highest BCUT2D eigenvalue weighted by molar-refractivity contribution is 5.92. The largest absolute Gasteiger partial charge is 0.381 e. The molecule has 1 aromatic rings. The van der Waals surface area contributed by atoms with Crippen molar-refractivity contribution in [1.82, 2.24) is 0 Å². The van der Waals surface area contributed by atoms with E-state index in [1.165, 1.54) is 12.1 Å². The van der Waals surface area contributed by atoms with Gasteiger partial charge in [0, 0.05) is 24.8 Å². The van der Waals surface area contributed by atoms with Gasteiger partial charge in [0.05, 0.1) is 0 Å². The molecule has 0 unspecified atom stereocenters. The number of hydrogen-bond acceptors (Lipinski definition) is 2. The molecule has 0 atom stereocenters. The molecule has 1 aliphatic rings. The first kappa shape index (κ1) is 11.1. The standard InChI is InChI=1S/C12H14FNO2/c13-10-2-1-3-11(8-10)14-12(15)9-4-6-16-7-5-9/h1-3,8-9H,4-7H2,(H,14,15). The maximum absolute atomic E-state index is 12.9. The smallest absolute Gasteiger partial charge is 0.227 e. The number of carbonyl (C=O) groups excluding carboxylic acids is 1. The van der Waals surface area contributed by atoms with Crippen molar-refractivity contribution < 1.29 is 13.9 Å². The van der Waals surface area contributed by atoms with E-state index < -0.39 is 0 Å². The summed E-state index contributed by atoms with van der Waals surface area (Å²) in [6, 6.07) is 5.93. The van der Waals surface area contributed by atoms with Gasteiger partial charge in [-0.15, -0.1) is 0 Å². The molecular weight excluding hydrogens is 209 g/mol. The van der Waals surface area contributed by atoms with Crippen molar-refractivity contribution in [2.45, 2.75) is 12.8 Å². The van der Waals surface area contributed by atoms with E-state index >= 15 is 0 Å². The van der Waals surface area contributed by atoms with Gasteiger partial charge >= 0.3 is 0 Å². The van der Waals surface area contributed by atoms with E-state index in [1.54, 1.807) is 12.1 Å². The van der Waals surface area contributed by atoms with Crippen LogP contribution in [0.5, 0.6) is 0 Å². The zero-order chi connectivity index (χ0) is 11.4. The number of ether oxygens (including phenoxy) is 1. The molecule has 4 heteroatoms. The predicted molar refractivity (Wildman–Crippen MR) is 58.6 cm³/mol. The average Bonchev–Trinajstić information content (AvgIpc) is 2.30. The molecule has 1 aromatic carbocycles. The average molecular weight is 223 g/mol. The van der Waals surface area contributed by atoms with Crippen molar-refractivity contribution >= 4 is 11.6 Å². The summed E-state index contributed by atoms with van der Waals surface area (Å²) >= 11 is 0. The summed E-state index contributed by atoms with van der Waals surface area (Å²) in [6.07, 6.45) is 1.47. The minimum atomic E-state index is -0.343. The van der Waals surface area contributed by atoms with Crippen molar-refractivity contribution in [3.63, 3.8) is 0 Å². The normalized spacial score (nSPS) is 17.1. The summed E-state index contributed by atoms with van der Waals surface area (Å²) in [6.45, 7) is 1.25. The minimum absolute atomic E-state index is 0.0167. The first-order chi connectivity index (χ1) is 7.75. The van der Waals surface area contributed by atoms with Gasteiger partial charge in [0.15, 0.2) is 0 Å². The van der Waals surface area contributed by atoms with Gasteiger partial charge in [0.1, 0.15) is 5.82 Å². The van der Waals surface area contributed by atoms with Gasteiger partial charge in [0.2, 0.25) is 5.91 Å². The number of benzene rings is 1. The lowest BCUT2D eigenvalue weighted by molar-refractivity contribution is -0.122. The van der Waals surface area contributed by atoms with Crippen LogP contribution in [0.4, 0.5) is 10.1 Å². The SMILES string of the molecule is O=C(Nc1cccc(F)c1)C1CCOCC1. The van der Waals surface area contributed by atoms with Crippen molar-refractivity contribution in [1.29, 1.82) is 0 Å². The summed E-state index contributed by atoms with van der Waals surface area (Å²) in [7, 11) is 0. The Morgan fingerprint density at radius 3 is 2.81 bits per heavy atom. The zero-order valence-corrected chi connectivity index (χ0v) is 8.91. The van der Waals surface area contributed by atoms with E-state index in [1.807, 2.05) is 0 Å². The molecule has 0 bridgehead atoms. The Labute approximate surface area is 93.6 Å². The molecule has 86 valence electrons. The molecule has 3 nitrogen and oxygen atoms in total. The Balaban J connectivity index is 1.96. The van der Waals surface area contributed by atoms with Crippen LogP contribution in [-0.4, -0.2) is 19.1 Å². The van der Waals surface area contributed by atoms with Gasteiger partial charge in [-0.2, -0.15) is 0 Å². The van der Waals surface area contributed by atoms with E-state index in [0.29, 0.717) is 18.9 Å². The minimum Gasteiger partial charge on any atom is -0.381 e. The molecule has 1 fully saturated rings. The topological polar surface area (TPSA) is 38.3 Å². The first-order valence-electron chi connectivity index (χ1n) is 5.40. The van der Waals surface area contributed by atoms with E-state index in [0.717, 1.165) is 12.8 Å². The van der Waals surface area contributed by atoms with E-state index in [2.05, 4.69) is 5.32 Å². The first-order valence-corrected chi connectivity index (χ1v) is 5.40. The molecule has 1 aliphatic heterocycles. The predicted octanol–water partition coefficient (Wildman–Crippen LogP) is 2.19. The lowest BCUT2D eigenvalue weighted by Crippen LogP contribution is -2.28. The van der Waals surface area contributed by atoms with Crippen LogP contribution in [0.1, 0.15) is 12.8 Å². The Morgan fingerprint density at radius 2 is 2.12 bits per heavy atom. The van der Waals surface area contributed by atoms with Gasteiger partial charge in [-0.05, 0) is 31.0 Å². The second-order valence-corrected chi connectivity index (χ2v) is 3.89. The molecule has 0 saturated carbocycles. The Kier molecular flexibility index (Phi) is 3.51. The Hall–Kier alpha value is -1.42. The fraction of sp³-hybridized carbons (Fsp3) is 0.417. The zero-order valence-electron chi connectivity index (χ0n) is 8.91. The molecule has 0 aliphatic carbocycles. The van der Waals surface area contributed by atoms with Crippen molar-refractivity contribution in [3.8, 4) is 0 Å². The fourth-order valence-electron chi connectivity index (χ4n) is 1.77. The molecule has 0 radical (unpaired) electrons. The summed E-state index contributed by atoms with van der Waals surface area (Å²) in [5, 5.41) is 2.72. The lowest BCUT2D eigenvalue weighted by atomic mass is 9.99. The summed E-state index contributed by atoms with van der Waals surface area (Å²) in [4.78, 5) is 11.8. The molecule has 0 spiro atoms. The van der Waals surface area contributed by atoms with E-state index in [4.69, 9.17) is 4.74 Å². The quantitative estimate of drug-likeness (QED) is 0.834. The number of rotatable bonds is 2. The molecule has 16 heavy (non-hydrogen) atoms. The van der Waals surface area contributed by atoms with Crippen LogP contribution in [0.25, 0.3) is 0 Å². The molecule has 1 N–H and O–H groups in total. The summed E-state index contributed by atoms with van der Waals surface area (Å²) in [5.41, 5.74) is 0.511. The lowest BCUT2D eigenvalue weighted by Gasteiger charge is -2.21. The number of nitrogens with one attached hydrogen (secondary N) is 1. The number of anilines is 1. The molecule has 1 amide bonds. The number of halogens is 1. The number of amides is 1. The maximum Gasteiger partial charge on any atom is 0.227 e. The number of carbonyl (C=O) groups is 1. The highest BCUT2D eigenvalue weighted by Crippen LogP contribution is 2.17. The molecule has 1 saturated heterocycles. The van der Waals surface area contributed by atoms with E-state index in [9.17, 15) is 9.18 Å². The van der Waals surface area contributed by atoms with Gasteiger partial charge in [-0.3, -0.25) is 4.79 Å². The van der Waals surface area contributed by atoms with Gasteiger partial charge in [-0.25, -0.2) is 4.39 Å². The van der Waals surface area contributed by atoms with Gasteiger partial charge < -0.3 is 10.1 Å². The highest BCUT2D eigenvalue weighted by atomic mass is 19.1. The Morgan fingerprint density at radius 1 is 1.38 bits per heavy atom. The van der Waals surface area contributed by atoms with Crippen LogP contribution in [-0.2, 0) is 9.53 Å². The Bertz CT molecular complexity index is 375. The third-order valence-corrected chi connectivity index (χ3v) is 2.68. The summed E-state index contributed by atoms with van der Waals surface area (Å²) in [5.74, 6) is -0.407. The monoisotopic (exact) mass is 223 g/mol. The highest BCUT2D eigenvalue weighted by Gasteiger charge is 2.21. The van der Waals surface area contributed by atoms with Crippen LogP contribution in [0.3, 0.4) is 0 Å². The fourth-order valence-corrected chi connectivity index (χ4v) is 1.77. The molecule has 0 aromatic heterocycles. The van der Waals surface area contributed by atoms with Crippen molar-refractivity contribution in [2.24, 2.45) is 5.92 Å². The van der Waals surface area contributed by atoms with Gasteiger partial charge in [0.25, 0.3) is 0 Å². The second-order valence-electron chi connectivity index (χ2n) is 3.89. The third-order valence-electron chi connectivity index (χ3n) is 2.68. The molecular formula is C12H14FNO2. The van der Waals surface area contributed by atoms with Crippen LogP contribution < -0.4 is 5.32 Å². The van der Waals surface area contributed by atoms with Gasteiger partial charge in [-0.1, -0.05) is 6.07 Å². The summed E-state index contributed by atoms with van der Waals surface area (Å²) < 4.78 is 18.1. The van der Waals surface area contributed by atoms with Crippen LogP contribution in [0.2, 0.25) is 0 Å². The van der Waals surface area contributed by atoms with Crippen LogP contribution >= 0.6 is 0 Å². The third kappa shape index (κ3) is 2.79. The second kappa shape index (κ2) is 5.07.